The number of carbonyl (C=O) groups excluding carboxylic acids is 7. The van der Waals surface area contributed by atoms with Crippen LogP contribution in [0.5, 0.6) is 0 Å². The molecule has 0 aromatic heterocycles. The van der Waals surface area contributed by atoms with Crippen molar-refractivity contribution >= 4 is 53.2 Å². The van der Waals surface area contributed by atoms with E-state index in [2.05, 4.69) is 16.0 Å². The van der Waals surface area contributed by atoms with E-state index in [9.17, 15) is 63.6 Å². The van der Waals surface area contributed by atoms with Crippen LogP contribution < -0.4 is 38.9 Å². The Labute approximate surface area is 320 Å². The molecule has 0 radical (unpaired) electrons. The quantitative estimate of drug-likeness (QED) is 0.0484. The molecule has 24 heteroatoms. The third kappa shape index (κ3) is 13.8. The van der Waals surface area contributed by atoms with Gasteiger partial charge in [-0.1, -0.05) is 0 Å². The molecule has 24 nitrogen and oxygen atoms in total. The van der Waals surface area contributed by atoms with Gasteiger partial charge in [0, 0.05) is 19.3 Å². The number of carboxylic acid groups (broad SMARTS) is 2. The maximum absolute atomic E-state index is 13.5. The molecule has 13 atom stereocenters. The fourth-order valence-electron chi connectivity index (χ4n) is 5.56. The molecular weight excluding hydrogens is 752 g/mol. The van der Waals surface area contributed by atoms with Crippen LogP contribution in [0.2, 0.25) is 0 Å². The fourth-order valence-corrected chi connectivity index (χ4v) is 5.56. The van der Waals surface area contributed by atoms with Crippen molar-refractivity contribution in [3.8, 4) is 0 Å². The Balaban J connectivity index is 3.07. The van der Waals surface area contributed by atoms with Gasteiger partial charge in [0.05, 0.1) is 18.7 Å². The number of amides is 6. The van der Waals surface area contributed by atoms with Crippen molar-refractivity contribution < 1.29 is 78.2 Å². The third-order valence-electron chi connectivity index (χ3n) is 8.97. The molecule has 16 N–H and O–H groups in total. The van der Waals surface area contributed by atoms with Crippen molar-refractivity contribution in [2.45, 2.75) is 133 Å². The third-order valence-corrected chi connectivity index (χ3v) is 8.97. The standard InChI is InChI=1S/C32H54N8O16/c1-11(37-26(46)14(4)55-24-22(39-15(5)42)32(54)56-20(10-41)23(24)44)28(48)40(13(3)30(50)51)29(49)12(2)38-27(47)17(33)7-6-16(21(35)25(36)45)19(43)9-8-18(34)31(52)53/h11-14,16-18,20-24,32,41,44,54H,6-10,33-35H2,1-5H3,(H2,36,45)(H,37,46)(H,38,47)(H,39,42)(H,50,51)(H,52,53)/t11-,12+,13+,14?,16?,17?,18-,20+,21?,22+,23+,24+,32-/m0/s1. The van der Waals surface area contributed by atoms with Crippen molar-refractivity contribution in [2.75, 3.05) is 6.61 Å². The first kappa shape index (κ1) is 49.3. The molecule has 0 saturated carbocycles. The van der Waals surface area contributed by atoms with Gasteiger partial charge in [0.2, 0.25) is 23.6 Å². The highest BCUT2D eigenvalue weighted by Crippen LogP contribution is 2.24. The second-order valence-corrected chi connectivity index (χ2v) is 13.4. The average molecular weight is 807 g/mol. The molecule has 0 bridgehead atoms. The Bertz CT molecular complexity index is 1470. The molecule has 1 fully saturated rings. The Morgan fingerprint density at radius 1 is 0.804 bits per heavy atom. The highest BCUT2D eigenvalue weighted by atomic mass is 16.6. The zero-order valence-corrected chi connectivity index (χ0v) is 31.5. The van der Waals surface area contributed by atoms with Crippen molar-refractivity contribution in [1.82, 2.24) is 20.9 Å². The number of aliphatic carboxylic acids is 2. The highest BCUT2D eigenvalue weighted by molar-refractivity contribution is 6.05. The minimum atomic E-state index is -1.83. The highest BCUT2D eigenvalue weighted by Gasteiger charge is 2.47. The molecular formula is C32H54N8O16. The number of aliphatic hydroxyl groups excluding tert-OH is 3. The maximum atomic E-state index is 13.5. The van der Waals surface area contributed by atoms with Crippen LogP contribution in [0.3, 0.4) is 0 Å². The number of carboxylic acids is 2. The Hall–Kier alpha value is -4.69. The van der Waals surface area contributed by atoms with Crippen LogP contribution in [-0.2, 0) is 52.6 Å². The number of primary amides is 1. The minimum absolute atomic E-state index is 0.272. The van der Waals surface area contributed by atoms with Gasteiger partial charge in [-0.2, -0.15) is 0 Å². The number of imide groups is 1. The number of nitrogens with one attached hydrogen (secondary N) is 3. The lowest BCUT2D eigenvalue weighted by molar-refractivity contribution is -0.266. The Morgan fingerprint density at radius 2 is 1.34 bits per heavy atom. The molecule has 318 valence electrons. The Morgan fingerprint density at radius 3 is 1.80 bits per heavy atom. The van der Waals surface area contributed by atoms with Crippen LogP contribution in [0.1, 0.15) is 60.3 Å². The topological polar surface area (TPSA) is 417 Å². The maximum Gasteiger partial charge on any atom is 0.326 e. The molecule has 1 heterocycles. The molecule has 1 saturated heterocycles. The average Bonchev–Trinajstić information content (AvgIpc) is 3.12. The number of aliphatic hydroxyl groups is 3. The summed E-state index contributed by atoms with van der Waals surface area (Å²) in [6.45, 7) is 4.71. The van der Waals surface area contributed by atoms with Crippen LogP contribution in [0.4, 0.5) is 0 Å². The number of nitrogens with two attached hydrogens (primary N) is 4. The normalized spacial score (nSPS) is 23.7. The van der Waals surface area contributed by atoms with Crippen molar-refractivity contribution in [1.29, 1.82) is 0 Å². The van der Waals surface area contributed by atoms with Gasteiger partial charge in [0.1, 0.15) is 60.4 Å². The molecule has 0 aromatic rings. The molecule has 0 aliphatic carbocycles. The summed E-state index contributed by atoms with van der Waals surface area (Å²) in [7, 11) is 0. The summed E-state index contributed by atoms with van der Waals surface area (Å²) in [6, 6.07) is -10.8. The van der Waals surface area contributed by atoms with E-state index in [4.69, 9.17) is 37.5 Å². The predicted octanol–water partition coefficient (Wildman–Crippen LogP) is -6.53. The Kier molecular flexibility index (Phi) is 19.5. The van der Waals surface area contributed by atoms with Crippen molar-refractivity contribution in [3.63, 3.8) is 0 Å². The van der Waals surface area contributed by atoms with Gasteiger partial charge in [0.15, 0.2) is 6.29 Å². The number of rotatable bonds is 22. The molecule has 56 heavy (non-hydrogen) atoms. The SMILES string of the molecule is CC(=O)N[C@@H]1[C@@H](OC(C)C(=O)N[C@@H](C)C(=O)N(C(=O)[C@@H](C)NC(=O)C(N)CCC(C(=O)CC[C@H](N)C(=O)O)C(N)C(N)=O)[C@H](C)C(=O)O)[C@H](O)[C@@H](CO)O[C@@H]1O. The summed E-state index contributed by atoms with van der Waals surface area (Å²) in [4.78, 5) is 113. The summed E-state index contributed by atoms with van der Waals surface area (Å²) >= 11 is 0. The van der Waals surface area contributed by atoms with E-state index in [0.717, 1.165) is 27.7 Å². The molecule has 0 aromatic carbocycles. The fraction of sp³-hybridized carbons (Fsp3) is 0.719. The van der Waals surface area contributed by atoms with Crippen molar-refractivity contribution in [3.05, 3.63) is 0 Å². The number of hydrogen-bond acceptors (Lipinski definition) is 17. The molecule has 0 spiro atoms. The summed E-state index contributed by atoms with van der Waals surface area (Å²) in [6.07, 6.45) is -9.06. The van der Waals surface area contributed by atoms with E-state index >= 15 is 0 Å². The van der Waals surface area contributed by atoms with Gasteiger partial charge >= 0.3 is 11.9 Å². The summed E-state index contributed by atoms with van der Waals surface area (Å²) < 4.78 is 10.7. The van der Waals surface area contributed by atoms with Crippen LogP contribution in [0, 0.1) is 5.92 Å². The molecule has 1 rings (SSSR count). The largest absolute Gasteiger partial charge is 0.480 e. The first-order chi connectivity index (χ1) is 25.9. The van der Waals surface area contributed by atoms with E-state index in [1.807, 2.05) is 0 Å². The minimum Gasteiger partial charge on any atom is -0.480 e. The zero-order valence-electron chi connectivity index (χ0n) is 31.5. The van der Waals surface area contributed by atoms with Gasteiger partial charge in [-0.05, 0) is 47.0 Å². The van der Waals surface area contributed by atoms with E-state index in [0.29, 0.717) is 0 Å². The van der Waals surface area contributed by atoms with Gasteiger partial charge in [0.25, 0.3) is 11.8 Å². The molecule has 6 amide bonds. The number of nitrogens with zero attached hydrogens (tertiary/aromatic N) is 1. The first-order valence-electron chi connectivity index (χ1n) is 17.4. The summed E-state index contributed by atoms with van der Waals surface area (Å²) in [5.41, 5.74) is 22.4. The van der Waals surface area contributed by atoms with Crippen molar-refractivity contribution in [2.24, 2.45) is 28.9 Å². The van der Waals surface area contributed by atoms with E-state index in [1.54, 1.807) is 0 Å². The summed E-state index contributed by atoms with van der Waals surface area (Å²) in [5, 5.41) is 55.9. The number of carbonyl (C=O) groups is 9. The number of ketones is 1. The second-order valence-electron chi connectivity index (χ2n) is 13.4. The number of Topliss-reactive ketones (excluding diaryl/α,β-unsaturated/α-hetero) is 1. The monoisotopic (exact) mass is 806 g/mol. The number of hydrogen-bond donors (Lipinski definition) is 12. The molecule has 4 unspecified atom stereocenters. The van der Waals surface area contributed by atoms with Gasteiger partial charge in [-0.15, -0.1) is 0 Å². The van der Waals surface area contributed by atoms with Crippen LogP contribution in [-0.4, -0.2) is 163 Å². The van der Waals surface area contributed by atoms with E-state index in [-0.39, 0.29) is 30.6 Å². The van der Waals surface area contributed by atoms with E-state index < -0.39 is 139 Å². The van der Waals surface area contributed by atoms with E-state index in [1.165, 1.54) is 6.92 Å². The smallest absolute Gasteiger partial charge is 0.326 e. The lowest BCUT2D eigenvalue weighted by atomic mass is 9.86. The second kappa shape index (κ2) is 22.2. The van der Waals surface area contributed by atoms with Crippen LogP contribution >= 0.6 is 0 Å². The molecule has 1 aliphatic heterocycles. The number of ether oxygens (including phenoxy) is 2. The van der Waals surface area contributed by atoms with Gasteiger partial charge in [-0.25, -0.2) is 4.79 Å². The first-order valence-corrected chi connectivity index (χ1v) is 17.4. The summed E-state index contributed by atoms with van der Waals surface area (Å²) in [5.74, 6) is -11.2. The van der Waals surface area contributed by atoms with Gasteiger partial charge in [-0.3, -0.25) is 43.3 Å². The van der Waals surface area contributed by atoms with Crippen LogP contribution in [0.15, 0.2) is 0 Å². The van der Waals surface area contributed by atoms with Crippen LogP contribution in [0.25, 0.3) is 0 Å². The zero-order chi connectivity index (χ0) is 43.4. The predicted molar refractivity (Wildman–Crippen MR) is 188 cm³/mol. The molecule has 1 aliphatic rings. The lowest BCUT2D eigenvalue weighted by Gasteiger charge is -2.43. The van der Waals surface area contributed by atoms with Gasteiger partial charge < -0.3 is 73.9 Å². The lowest BCUT2D eigenvalue weighted by Crippen LogP contribution is -2.65.